The Morgan fingerprint density at radius 1 is 1.35 bits per heavy atom. The Kier molecular flexibility index (Phi) is 5.34. The van der Waals surface area contributed by atoms with Gasteiger partial charge in [0.1, 0.15) is 0 Å². The molecule has 23 heavy (non-hydrogen) atoms. The highest BCUT2D eigenvalue weighted by molar-refractivity contribution is 7.91. The number of carbonyl (C=O) groups excluding carboxylic acids is 1. The van der Waals surface area contributed by atoms with Crippen molar-refractivity contribution in [1.29, 1.82) is 0 Å². The lowest BCUT2D eigenvalue weighted by molar-refractivity contribution is -0.120. The number of carbonyl (C=O) groups is 1. The number of rotatable bonds is 5. The first-order chi connectivity index (χ1) is 10.7. The summed E-state index contributed by atoms with van der Waals surface area (Å²) in [5.74, 6) is 0.105. The molecule has 1 aromatic carbocycles. The number of aryl methyl sites for hydroxylation is 2. The van der Waals surface area contributed by atoms with Crippen LogP contribution in [0.15, 0.2) is 18.2 Å². The SMILES string of the molecule is Cc1ccc(C)c(N(CC(=O)NC2CCS(=O)(=O)C2)C(C)C)c1. The Morgan fingerprint density at radius 2 is 2.04 bits per heavy atom. The van der Waals surface area contributed by atoms with Gasteiger partial charge in [-0.15, -0.1) is 0 Å². The van der Waals surface area contributed by atoms with Crippen LogP contribution in [0.1, 0.15) is 31.4 Å². The Bertz CT molecular complexity index is 683. The molecule has 0 spiro atoms. The highest BCUT2D eigenvalue weighted by Crippen LogP contribution is 2.23. The molecule has 1 amide bonds. The van der Waals surface area contributed by atoms with Gasteiger partial charge in [0.25, 0.3) is 0 Å². The largest absolute Gasteiger partial charge is 0.360 e. The van der Waals surface area contributed by atoms with E-state index < -0.39 is 9.84 Å². The average Bonchev–Trinajstić information content (AvgIpc) is 2.78. The molecule has 1 heterocycles. The molecule has 1 atom stereocenters. The molecule has 2 rings (SSSR count). The lowest BCUT2D eigenvalue weighted by atomic mass is 10.1. The second-order valence-corrected chi connectivity index (χ2v) is 8.91. The van der Waals surface area contributed by atoms with Crippen LogP contribution in [0.4, 0.5) is 5.69 Å². The molecular weight excluding hydrogens is 312 g/mol. The zero-order chi connectivity index (χ0) is 17.2. The van der Waals surface area contributed by atoms with E-state index in [0.717, 1.165) is 16.8 Å². The molecule has 1 aliphatic rings. The second kappa shape index (κ2) is 6.91. The third-order valence-corrected chi connectivity index (χ3v) is 5.98. The van der Waals surface area contributed by atoms with Crippen LogP contribution >= 0.6 is 0 Å². The molecule has 128 valence electrons. The number of nitrogens with one attached hydrogen (secondary N) is 1. The summed E-state index contributed by atoms with van der Waals surface area (Å²) in [6.45, 7) is 8.40. The third-order valence-electron chi connectivity index (χ3n) is 4.21. The zero-order valence-corrected chi connectivity index (χ0v) is 15.1. The first kappa shape index (κ1) is 17.8. The summed E-state index contributed by atoms with van der Waals surface area (Å²) in [6, 6.07) is 6.12. The molecular formula is C17H26N2O3S. The van der Waals surface area contributed by atoms with Gasteiger partial charge in [0.15, 0.2) is 9.84 Å². The average molecular weight is 338 g/mol. The van der Waals surface area contributed by atoms with Crippen molar-refractivity contribution in [1.82, 2.24) is 5.32 Å². The van der Waals surface area contributed by atoms with Crippen molar-refractivity contribution in [3.8, 4) is 0 Å². The van der Waals surface area contributed by atoms with Gasteiger partial charge in [0.2, 0.25) is 5.91 Å². The molecule has 0 aromatic heterocycles. The number of amides is 1. The van der Waals surface area contributed by atoms with E-state index in [9.17, 15) is 13.2 Å². The molecule has 0 bridgehead atoms. The number of nitrogens with zero attached hydrogens (tertiary/aromatic N) is 1. The van der Waals surface area contributed by atoms with Gasteiger partial charge >= 0.3 is 0 Å². The number of hydrogen-bond acceptors (Lipinski definition) is 4. The van der Waals surface area contributed by atoms with Crippen molar-refractivity contribution in [3.63, 3.8) is 0 Å². The van der Waals surface area contributed by atoms with E-state index >= 15 is 0 Å². The first-order valence-electron chi connectivity index (χ1n) is 8.01. The second-order valence-electron chi connectivity index (χ2n) is 6.68. The van der Waals surface area contributed by atoms with Gasteiger partial charge < -0.3 is 10.2 Å². The summed E-state index contributed by atoms with van der Waals surface area (Å²) in [4.78, 5) is 14.4. The van der Waals surface area contributed by atoms with Gasteiger partial charge in [-0.1, -0.05) is 12.1 Å². The molecule has 1 fully saturated rings. The normalized spacial score (nSPS) is 19.8. The molecule has 1 unspecified atom stereocenters. The number of hydrogen-bond donors (Lipinski definition) is 1. The Balaban J connectivity index is 2.08. The van der Waals surface area contributed by atoms with Crippen molar-refractivity contribution in [3.05, 3.63) is 29.3 Å². The number of sulfone groups is 1. The van der Waals surface area contributed by atoms with Crippen LogP contribution in [0, 0.1) is 13.8 Å². The predicted molar refractivity (Wildman–Crippen MR) is 93.6 cm³/mol. The molecule has 1 saturated heterocycles. The van der Waals surface area contributed by atoms with Crippen LogP contribution in [-0.4, -0.2) is 44.5 Å². The molecule has 0 radical (unpaired) electrons. The van der Waals surface area contributed by atoms with Gasteiger partial charge in [0, 0.05) is 17.8 Å². The minimum Gasteiger partial charge on any atom is -0.360 e. The summed E-state index contributed by atoms with van der Waals surface area (Å²) in [5, 5.41) is 2.86. The minimum atomic E-state index is -2.98. The molecule has 1 aromatic rings. The fraction of sp³-hybridized carbons (Fsp3) is 0.588. The van der Waals surface area contributed by atoms with Gasteiger partial charge in [-0.25, -0.2) is 8.42 Å². The lowest BCUT2D eigenvalue weighted by Gasteiger charge is -2.30. The van der Waals surface area contributed by atoms with Crippen LogP contribution in [-0.2, 0) is 14.6 Å². The van der Waals surface area contributed by atoms with E-state index in [2.05, 4.69) is 42.3 Å². The van der Waals surface area contributed by atoms with E-state index in [1.54, 1.807) is 0 Å². The quantitative estimate of drug-likeness (QED) is 0.889. The van der Waals surface area contributed by atoms with Gasteiger partial charge in [-0.2, -0.15) is 0 Å². The number of benzene rings is 1. The summed E-state index contributed by atoms with van der Waals surface area (Å²) in [5.41, 5.74) is 3.33. The van der Waals surface area contributed by atoms with Crippen LogP contribution < -0.4 is 10.2 Å². The molecule has 5 nitrogen and oxygen atoms in total. The summed E-state index contributed by atoms with van der Waals surface area (Å²) in [6.07, 6.45) is 0.513. The maximum atomic E-state index is 12.3. The van der Waals surface area contributed by atoms with Gasteiger partial charge in [0.05, 0.1) is 18.1 Å². The molecule has 0 aliphatic carbocycles. The maximum absolute atomic E-state index is 12.3. The van der Waals surface area contributed by atoms with E-state index in [0.29, 0.717) is 6.42 Å². The van der Waals surface area contributed by atoms with E-state index in [1.165, 1.54) is 0 Å². The van der Waals surface area contributed by atoms with Gasteiger partial charge in [-0.3, -0.25) is 4.79 Å². The molecule has 0 saturated carbocycles. The Hall–Kier alpha value is -1.56. The van der Waals surface area contributed by atoms with E-state index in [4.69, 9.17) is 0 Å². The Morgan fingerprint density at radius 3 is 2.61 bits per heavy atom. The standard InChI is InChI=1S/C17H26N2O3S/c1-12(2)19(16-9-13(3)5-6-14(16)4)10-17(20)18-15-7-8-23(21,22)11-15/h5-6,9,12,15H,7-8,10-11H2,1-4H3,(H,18,20). The van der Waals surface area contributed by atoms with Crippen molar-refractivity contribution < 1.29 is 13.2 Å². The maximum Gasteiger partial charge on any atom is 0.239 e. The summed E-state index contributed by atoms with van der Waals surface area (Å²) in [7, 11) is -2.98. The monoisotopic (exact) mass is 338 g/mol. The summed E-state index contributed by atoms with van der Waals surface area (Å²) >= 11 is 0. The van der Waals surface area contributed by atoms with Crippen molar-refractivity contribution in [2.24, 2.45) is 0 Å². The fourth-order valence-electron chi connectivity index (χ4n) is 2.91. The lowest BCUT2D eigenvalue weighted by Crippen LogP contribution is -2.45. The van der Waals surface area contributed by atoms with Gasteiger partial charge in [-0.05, 0) is 51.3 Å². The third kappa shape index (κ3) is 4.70. The molecule has 1 N–H and O–H groups in total. The highest BCUT2D eigenvalue weighted by Gasteiger charge is 2.29. The van der Waals surface area contributed by atoms with E-state index in [1.807, 2.05) is 13.8 Å². The van der Waals surface area contributed by atoms with E-state index in [-0.39, 0.29) is 36.0 Å². The summed E-state index contributed by atoms with van der Waals surface area (Å²) < 4.78 is 23.0. The predicted octanol–water partition coefficient (Wildman–Crippen LogP) is 1.82. The smallest absolute Gasteiger partial charge is 0.239 e. The zero-order valence-electron chi connectivity index (χ0n) is 14.3. The van der Waals surface area contributed by atoms with Crippen LogP contribution in [0.25, 0.3) is 0 Å². The minimum absolute atomic E-state index is 0.0594. The van der Waals surface area contributed by atoms with Crippen LogP contribution in [0.3, 0.4) is 0 Å². The number of anilines is 1. The first-order valence-corrected chi connectivity index (χ1v) is 9.84. The Labute approximate surface area is 139 Å². The van der Waals surface area contributed by atoms with Crippen LogP contribution in [0.2, 0.25) is 0 Å². The van der Waals surface area contributed by atoms with Crippen molar-refractivity contribution >= 4 is 21.4 Å². The van der Waals surface area contributed by atoms with Crippen molar-refractivity contribution in [2.75, 3.05) is 23.0 Å². The highest BCUT2D eigenvalue weighted by atomic mass is 32.2. The molecule has 6 heteroatoms. The van der Waals surface area contributed by atoms with Crippen LogP contribution in [0.5, 0.6) is 0 Å². The topological polar surface area (TPSA) is 66.5 Å². The fourth-order valence-corrected chi connectivity index (χ4v) is 4.58. The van der Waals surface area contributed by atoms with Crippen molar-refractivity contribution in [2.45, 2.75) is 46.2 Å². The molecule has 1 aliphatic heterocycles.